The third-order valence-electron chi connectivity index (χ3n) is 2.43. The zero-order chi connectivity index (χ0) is 18.0. The van der Waals surface area contributed by atoms with Crippen LogP contribution in [0.2, 0.25) is 0 Å². The smallest absolute Gasteiger partial charge is 0.322 e. The van der Waals surface area contributed by atoms with Crippen molar-refractivity contribution in [2.24, 2.45) is 11.5 Å². The molecule has 0 unspecified atom stereocenters. The maximum Gasteiger partial charge on any atom is 0.322 e. The number of hydrogen-bond acceptors (Lipinski definition) is 7. The molecule has 9 N–H and O–H groups in total. The number of nitrogens with one attached hydrogen (secondary N) is 3. The number of hydrogen-bond donors (Lipinski definition) is 7. The second-order valence-corrected chi connectivity index (χ2v) is 4.41. The number of carbonyl (C=O) groups is 5. The van der Waals surface area contributed by atoms with Crippen LogP contribution in [0.4, 0.5) is 0 Å². The summed E-state index contributed by atoms with van der Waals surface area (Å²) in [6.07, 6.45) is -0.399. The number of primary amides is 1. The quantitative estimate of drug-likeness (QED) is 0.205. The molecular weight excluding hydrogens is 314 g/mol. The van der Waals surface area contributed by atoms with Gasteiger partial charge in [0.1, 0.15) is 12.6 Å². The van der Waals surface area contributed by atoms with E-state index in [1.807, 2.05) is 5.32 Å². The molecule has 12 heteroatoms. The number of aliphatic hydroxyl groups is 1. The van der Waals surface area contributed by atoms with E-state index in [0.717, 1.165) is 0 Å². The standard InChI is InChI=1S/C11H19N5O7/c12-5(1-7(13)18)10(22)14-2-8(19)16-6(4-17)11(23)15-3-9(20)21/h5-6,17H,1-4,12H2,(H2,13,18)(H,14,22)(H,15,23)(H,16,19)(H,20,21)/t5-,6-/m0/s1. The molecule has 0 aliphatic heterocycles. The van der Waals surface area contributed by atoms with Crippen molar-refractivity contribution in [1.82, 2.24) is 16.0 Å². The van der Waals surface area contributed by atoms with Crippen LogP contribution >= 0.6 is 0 Å². The summed E-state index contributed by atoms with van der Waals surface area (Å²) >= 11 is 0. The lowest BCUT2D eigenvalue weighted by molar-refractivity contribution is -0.138. The maximum absolute atomic E-state index is 11.5. The summed E-state index contributed by atoms with van der Waals surface area (Å²) in [6.45, 7) is -2.01. The Balaban J connectivity index is 4.29. The van der Waals surface area contributed by atoms with Crippen molar-refractivity contribution in [3.63, 3.8) is 0 Å². The Kier molecular flexibility index (Phi) is 8.88. The van der Waals surface area contributed by atoms with Gasteiger partial charge in [0.15, 0.2) is 0 Å². The van der Waals surface area contributed by atoms with Crippen LogP contribution in [-0.4, -0.2) is 71.6 Å². The van der Waals surface area contributed by atoms with Crippen molar-refractivity contribution >= 4 is 29.6 Å². The topological polar surface area (TPSA) is 214 Å². The Morgan fingerprint density at radius 3 is 2.04 bits per heavy atom. The van der Waals surface area contributed by atoms with Crippen LogP contribution in [0.1, 0.15) is 6.42 Å². The van der Waals surface area contributed by atoms with E-state index in [9.17, 15) is 24.0 Å². The summed E-state index contributed by atoms with van der Waals surface area (Å²) < 4.78 is 0. The molecule has 0 aliphatic carbocycles. The summed E-state index contributed by atoms with van der Waals surface area (Å²) in [5.74, 6) is -4.60. The van der Waals surface area contributed by atoms with Gasteiger partial charge >= 0.3 is 5.97 Å². The van der Waals surface area contributed by atoms with Crippen molar-refractivity contribution < 1.29 is 34.2 Å². The fourth-order valence-electron chi connectivity index (χ4n) is 1.33. The zero-order valence-electron chi connectivity index (χ0n) is 12.1. The summed E-state index contributed by atoms with van der Waals surface area (Å²) in [4.78, 5) is 55.3. The Bertz CT molecular complexity index is 481. The van der Waals surface area contributed by atoms with Gasteiger partial charge in [0, 0.05) is 0 Å². The monoisotopic (exact) mass is 333 g/mol. The molecule has 0 spiro atoms. The average Bonchev–Trinajstić information content (AvgIpc) is 2.46. The first-order valence-electron chi connectivity index (χ1n) is 6.38. The van der Waals surface area contributed by atoms with Gasteiger partial charge in [0.2, 0.25) is 23.6 Å². The molecule has 12 nitrogen and oxygen atoms in total. The number of carboxylic acids is 1. The van der Waals surface area contributed by atoms with Gasteiger partial charge in [-0.1, -0.05) is 0 Å². The number of amides is 4. The van der Waals surface area contributed by atoms with E-state index >= 15 is 0 Å². The minimum atomic E-state index is -1.38. The third kappa shape index (κ3) is 9.00. The van der Waals surface area contributed by atoms with Crippen molar-refractivity contribution in [3.8, 4) is 0 Å². The molecule has 0 fully saturated rings. The fourth-order valence-corrected chi connectivity index (χ4v) is 1.33. The van der Waals surface area contributed by atoms with Crippen LogP contribution in [0.25, 0.3) is 0 Å². The van der Waals surface area contributed by atoms with Gasteiger partial charge in [0.25, 0.3) is 0 Å². The molecule has 0 rings (SSSR count). The van der Waals surface area contributed by atoms with E-state index in [-0.39, 0.29) is 0 Å². The summed E-state index contributed by atoms with van der Waals surface area (Å²) in [7, 11) is 0. The number of rotatable bonds is 10. The molecule has 0 aromatic rings. The van der Waals surface area contributed by atoms with Crippen LogP contribution < -0.4 is 27.4 Å². The van der Waals surface area contributed by atoms with E-state index in [2.05, 4.69) is 10.6 Å². The molecule has 0 aromatic carbocycles. The molecule has 4 amide bonds. The van der Waals surface area contributed by atoms with Crippen LogP contribution in [0.15, 0.2) is 0 Å². The highest BCUT2D eigenvalue weighted by molar-refractivity contribution is 5.93. The average molecular weight is 333 g/mol. The van der Waals surface area contributed by atoms with E-state index in [1.54, 1.807) is 0 Å². The van der Waals surface area contributed by atoms with Crippen molar-refractivity contribution in [3.05, 3.63) is 0 Å². The molecule has 0 radical (unpaired) electrons. The molecule has 0 heterocycles. The molecule has 0 saturated carbocycles. The first-order valence-corrected chi connectivity index (χ1v) is 6.38. The Morgan fingerprint density at radius 2 is 1.57 bits per heavy atom. The van der Waals surface area contributed by atoms with Crippen LogP contribution in [-0.2, 0) is 24.0 Å². The molecule has 23 heavy (non-hydrogen) atoms. The first kappa shape index (κ1) is 20.3. The van der Waals surface area contributed by atoms with Crippen LogP contribution in [0.3, 0.4) is 0 Å². The molecule has 0 aromatic heterocycles. The van der Waals surface area contributed by atoms with E-state index in [1.165, 1.54) is 0 Å². The normalized spacial score (nSPS) is 12.6. The molecule has 0 bridgehead atoms. The molecule has 0 saturated heterocycles. The Morgan fingerprint density at radius 1 is 1.00 bits per heavy atom. The van der Waals surface area contributed by atoms with E-state index in [0.29, 0.717) is 0 Å². The fraction of sp³-hybridized carbons (Fsp3) is 0.545. The highest BCUT2D eigenvalue weighted by Crippen LogP contribution is 1.87. The Labute approximate surface area is 130 Å². The van der Waals surface area contributed by atoms with Crippen LogP contribution in [0.5, 0.6) is 0 Å². The van der Waals surface area contributed by atoms with Gasteiger partial charge < -0.3 is 37.6 Å². The minimum absolute atomic E-state index is 0.399. The highest BCUT2D eigenvalue weighted by atomic mass is 16.4. The highest BCUT2D eigenvalue weighted by Gasteiger charge is 2.21. The van der Waals surface area contributed by atoms with Crippen molar-refractivity contribution in [1.29, 1.82) is 0 Å². The lowest BCUT2D eigenvalue weighted by Crippen LogP contribution is -2.53. The third-order valence-corrected chi connectivity index (χ3v) is 2.43. The summed E-state index contributed by atoms with van der Waals surface area (Å²) in [5.41, 5.74) is 10.2. The van der Waals surface area contributed by atoms with Crippen molar-refractivity contribution in [2.75, 3.05) is 19.7 Å². The van der Waals surface area contributed by atoms with Gasteiger partial charge in [-0.05, 0) is 0 Å². The second-order valence-electron chi connectivity index (χ2n) is 4.41. The maximum atomic E-state index is 11.5. The number of aliphatic hydroxyl groups excluding tert-OH is 1. The van der Waals surface area contributed by atoms with Crippen molar-refractivity contribution in [2.45, 2.75) is 18.5 Å². The number of aliphatic carboxylic acids is 1. The summed E-state index contributed by atoms with van der Waals surface area (Å²) in [6, 6.07) is -2.59. The van der Waals surface area contributed by atoms with Gasteiger partial charge in [-0.3, -0.25) is 24.0 Å². The number of carbonyl (C=O) groups excluding carboxylic acids is 4. The van der Waals surface area contributed by atoms with Crippen LogP contribution in [0, 0.1) is 0 Å². The molecule has 0 aliphatic rings. The number of carboxylic acid groups (broad SMARTS) is 1. The van der Waals surface area contributed by atoms with E-state index < -0.39 is 67.8 Å². The van der Waals surface area contributed by atoms with Gasteiger partial charge in [0.05, 0.1) is 25.6 Å². The summed E-state index contributed by atoms with van der Waals surface area (Å²) in [5, 5.41) is 23.6. The minimum Gasteiger partial charge on any atom is -0.480 e. The van der Waals surface area contributed by atoms with E-state index in [4.69, 9.17) is 21.7 Å². The Hall–Kier alpha value is -2.73. The SMILES string of the molecule is NC(=O)C[C@H](N)C(=O)NCC(=O)N[C@@H](CO)C(=O)NCC(=O)O. The van der Waals surface area contributed by atoms with Gasteiger partial charge in [-0.25, -0.2) is 0 Å². The molecule has 130 valence electrons. The number of nitrogens with two attached hydrogens (primary N) is 2. The van der Waals surface area contributed by atoms with Gasteiger partial charge in [-0.15, -0.1) is 0 Å². The predicted molar refractivity (Wildman–Crippen MR) is 74.5 cm³/mol. The second kappa shape index (κ2) is 10.1. The van der Waals surface area contributed by atoms with Gasteiger partial charge in [-0.2, -0.15) is 0 Å². The largest absolute Gasteiger partial charge is 0.480 e. The lowest BCUT2D eigenvalue weighted by atomic mass is 10.2. The molecule has 2 atom stereocenters. The zero-order valence-corrected chi connectivity index (χ0v) is 12.1. The molecular formula is C11H19N5O7. The predicted octanol–water partition coefficient (Wildman–Crippen LogP) is -5.02. The lowest BCUT2D eigenvalue weighted by Gasteiger charge is -2.16. The first-order chi connectivity index (χ1) is 10.7.